The number of nitro groups is 1. The Kier molecular flexibility index (Phi) is 3.27. The summed E-state index contributed by atoms with van der Waals surface area (Å²) in [5, 5.41) is 14.3. The SMILES string of the molecule is O=[N+]([O-])c1cnn(CSC2=NCCS2)c1. The highest BCUT2D eigenvalue weighted by Gasteiger charge is 2.11. The summed E-state index contributed by atoms with van der Waals surface area (Å²) in [5.74, 6) is 1.60. The van der Waals surface area contributed by atoms with Crippen molar-refractivity contribution in [3.63, 3.8) is 0 Å². The van der Waals surface area contributed by atoms with Crippen LogP contribution in [0.25, 0.3) is 0 Å². The van der Waals surface area contributed by atoms with E-state index in [-0.39, 0.29) is 5.69 Å². The van der Waals surface area contributed by atoms with E-state index in [1.165, 1.54) is 12.4 Å². The van der Waals surface area contributed by atoms with Crippen molar-refractivity contribution in [1.82, 2.24) is 9.78 Å². The van der Waals surface area contributed by atoms with Crippen molar-refractivity contribution in [2.24, 2.45) is 4.99 Å². The molecule has 0 bridgehead atoms. The van der Waals surface area contributed by atoms with Gasteiger partial charge in [-0.25, -0.2) is 0 Å². The molecule has 0 unspecified atom stereocenters. The predicted octanol–water partition coefficient (Wildman–Crippen LogP) is 1.58. The fourth-order valence-corrected chi connectivity index (χ4v) is 2.89. The van der Waals surface area contributed by atoms with Crippen LogP contribution in [0.1, 0.15) is 0 Å². The highest BCUT2D eigenvalue weighted by Crippen LogP contribution is 2.23. The summed E-state index contributed by atoms with van der Waals surface area (Å²) in [7, 11) is 0. The van der Waals surface area contributed by atoms with Gasteiger partial charge in [-0.05, 0) is 0 Å². The van der Waals surface area contributed by atoms with E-state index in [0.29, 0.717) is 5.88 Å². The Morgan fingerprint density at radius 2 is 2.60 bits per heavy atom. The van der Waals surface area contributed by atoms with Crippen molar-refractivity contribution in [2.45, 2.75) is 5.88 Å². The summed E-state index contributed by atoms with van der Waals surface area (Å²) in [6.45, 7) is 0.867. The second-order valence-electron chi connectivity index (χ2n) is 2.76. The van der Waals surface area contributed by atoms with E-state index in [0.717, 1.165) is 16.7 Å². The first kappa shape index (κ1) is 10.5. The van der Waals surface area contributed by atoms with Crippen LogP contribution >= 0.6 is 23.5 Å². The van der Waals surface area contributed by atoms with Crippen molar-refractivity contribution in [2.75, 3.05) is 12.3 Å². The highest BCUT2D eigenvalue weighted by molar-refractivity contribution is 8.38. The van der Waals surface area contributed by atoms with Gasteiger partial charge < -0.3 is 0 Å². The first-order chi connectivity index (χ1) is 7.25. The van der Waals surface area contributed by atoms with E-state index in [1.54, 1.807) is 28.2 Å². The van der Waals surface area contributed by atoms with E-state index in [2.05, 4.69) is 10.1 Å². The second kappa shape index (κ2) is 4.67. The Labute approximate surface area is 94.3 Å². The molecule has 0 fully saturated rings. The Morgan fingerprint density at radius 1 is 1.73 bits per heavy atom. The third kappa shape index (κ3) is 2.72. The summed E-state index contributed by atoms with van der Waals surface area (Å²) in [5.41, 5.74) is 0.0246. The van der Waals surface area contributed by atoms with Crippen LogP contribution in [-0.2, 0) is 5.88 Å². The molecule has 0 saturated heterocycles. The molecule has 0 N–H and O–H groups in total. The third-order valence-electron chi connectivity index (χ3n) is 1.71. The molecular weight excluding hydrogens is 236 g/mol. The van der Waals surface area contributed by atoms with Crippen LogP contribution < -0.4 is 0 Å². The lowest BCUT2D eigenvalue weighted by Crippen LogP contribution is -1.96. The summed E-state index contributed by atoms with van der Waals surface area (Å²) >= 11 is 3.27. The average Bonchev–Trinajstić information content (AvgIpc) is 2.86. The first-order valence-corrected chi connectivity index (χ1v) is 6.20. The van der Waals surface area contributed by atoms with Gasteiger partial charge in [0.15, 0.2) is 0 Å². The number of aromatic nitrogens is 2. The Morgan fingerprint density at radius 3 is 3.20 bits per heavy atom. The number of nitrogens with zero attached hydrogens (tertiary/aromatic N) is 4. The third-order valence-corrected chi connectivity index (χ3v) is 3.95. The van der Waals surface area contributed by atoms with Crippen LogP contribution in [0.2, 0.25) is 0 Å². The number of hydrogen-bond acceptors (Lipinski definition) is 6. The minimum absolute atomic E-state index is 0.0246. The van der Waals surface area contributed by atoms with Crippen molar-refractivity contribution in [3.05, 3.63) is 22.5 Å². The lowest BCUT2D eigenvalue weighted by molar-refractivity contribution is -0.385. The zero-order valence-corrected chi connectivity index (χ0v) is 9.33. The Balaban J connectivity index is 1.90. The van der Waals surface area contributed by atoms with Crippen LogP contribution in [0.3, 0.4) is 0 Å². The number of aliphatic imine (C=N–C) groups is 1. The normalized spacial score (nSPS) is 15.3. The lowest BCUT2D eigenvalue weighted by Gasteiger charge is -1.98. The minimum Gasteiger partial charge on any atom is -0.271 e. The zero-order chi connectivity index (χ0) is 10.7. The maximum absolute atomic E-state index is 10.4. The number of hydrogen-bond donors (Lipinski definition) is 0. The van der Waals surface area contributed by atoms with Crippen LogP contribution in [-0.4, -0.2) is 31.4 Å². The van der Waals surface area contributed by atoms with E-state index >= 15 is 0 Å². The molecule has 6 nitrogen and oxygen atoms in total. The summed E-state index contributed by atoms with van der Waals surface area (Å²) in [6, 6.07) is 0. The monoisotopic (exact) mass is 244 g/mol. The molecule has 2 heterocycles. The average molecular weight is 244 g/mol. The number of rotatable bonds is 3. The topological polar surface area (TPSA) is 73.3 Å². The molecule has 1 aromatic rings. The summed E-state index contributed by atoms with van der Waals surface area (Å²) in [6.07, 6.45) is 2.68. The molecule has 1 aliphatic heterocycles. The van der Waals surface area contributed by atoms with Gasteiger partial charge >= 0.3 is 5.69 Å². The molecule has 8 heteroatoms. The zero-order valence-electron chi connectivity index (χ0n) is 7.70. The highest BCUT2D eigenvalue weighted by atomic mass is 32.2. The Hall–Kier alpha value is -1.02. The molecule has 0 spiro atoms. The molecule has 2 rings (SSSR count). The molecule has 1 aromatic heterocycles. The Bertz CT molecular complexity index is 403. The molecular formula is C7H8N4O2S2. The van der Waals surface area contributed by atoms with Crippen molar-refractivity contribution >= 4 is 33.6 Å². The van der Waals surface area contributed by atoms with Gasteiger partial charge in [-0.15, -0.1) is 0 Å². The molecule has 0 radical (unpaired) electrons. The fraction of sp³-hybridized carbons (Fsp3) is 0.429. The quantitative estimate of drug-likeness (QED) is 0.596. The fourth-order valence-electron chi connectivity index (χ4n) is 1.04. The van der Waals surface area contributed by atoms with Crippen molar-refractivity contribution < 1.29 is 4.92 Å². The second-order valence-corrected chi connectivity index (χ2v) is 5.04. The van der Waals surface area contributed by atoms with Gasteiger partial charge in [0.2, 0.25) is 0 Å². The van der Waals surface area contributed by atoms with Gasteiger partial charge in [-0.1, -0.05) is 23.5 Å². The van der Waals surface area contributed by atoms with Crippen LogP contribution in [0.15, 0.2) is 17.4 Å². The molecule has 0 aliphatic carbocycles. The molecule has 0 saturated carbocycles. The molecule has 0 aromatic carbocycles. The van der Waals surface area contributed by atoms with Gasteiger partial charge in [0.25, 0.3) is 0 Å². The molecule has 1 aliphatic rings. The summed E-state index contributed by atoms with van der Waals surface area (Å²) in [4.78, 5) is 14.2. The van der Waals surface area contributed by atoms with Gasteiger partial charge in [0.05, 0.1) is 17.3 Å². The van der Waals surface area contributed by atoms with Gasteiger partial charge in [-0.2, -0.15) is 5.10 Å². The maximum Gasteiger partial charge on any atom is 0.307 e. The van der Waals surface area contributed by atoms with Crippen LogP contribution in [0, 0.1) is 10.1 Å². The predicted molar refractivity (Wildman–Crippen MR) is 61.2 cm³/mol. The number of thioether (sulfide) groups is 2. The minimum atomic E-state index is -0.448. The standard InChI is InChI=1S/C7H8N4O2S2/c12-11(13)6-3-9-10(4-6)5-15-7-8-1-2-14-7/h3-4H,1-2,5H2. The van der Waals surface area contributed by atoms with Crippen molar-refractivity contribution in [1.29, 1.82) is 0 Å². The summed E-state index contributed by atoms with van der Waals surface area (Å²) < 4.78 is 2.58. The van der Waals surface area contributed by atoms with Gasteiger partial charge in [0, 0.05) is 5.75 Å². The van der Waals surface area contributed by atoms with Crippen LogP contribution in [0.5, 0.6) is 0 Å². The first-order valence-electron chi connectivity index (χ1n) is 4.22. The van der Waals surface area contributed by atoms with Crippen LogP contribution in [0.4, 0.5) is 5.69 Å². The van der Waals surface area contributed by atoms with Crippen molar-refractivity contribution in [3.8, 4) is 0 Å². The lowest BCUT2D eigenvalue weighted by atomic mass is 10.6. The van der Waals surface area contributed by atoms with E-state index in [4.69, 9.17) is 0 Å². The molecule has 15 heavy (non-hydrogen) atoms. The maximum atomic E-state index is 10.4. The van der Waals surface area contributed by atoms with Gasteiger partial charge in [0.1, 0.15) is 16.8 Å². The molecule has 0 amide bonds. The van der Waals surface area contributed by atoms with Gasteiger partial charge in [-0.3, -0.25) is 19.8 Å². The van der Waals surface area contributed by atoms with E-state index in [9.17, 15) is 10.1 Å². The largest absolute Gasteiger partial charge is 0.307 e. The molecule has 0 atom stereocenters. The van der Waals surface area contributed by atoms with E-state index in [1.807, 2.05) is 0 Å². The van der Waals surface area contributed by atoms with E-state index < -0.39 is 4.92 Å². The molecule has 80 valence electrons. The smallest absolute Gasteiger partial charge is 0.271 e.